The predicted molar refractivity (Wildman–Crippen MR) is 50.2 cm³/mol. The molecule has 1 saturated heterocycles. The number of hydrogen-bond acceptors (Lipinski definition) is 3. The quantitative estimate of drug-likeness (QED) is 0.608. The summed E-state index contributed by atoms with van der Waals surface area (Å²) in [4.78, 5) is 13.8. The molecule has 0 spiro atoms. The Bertz CT molecular complexity index is 203. The fourth-order valence-corrected chi connectivity index (χ4v) is 2.03. The van der Waals surface area contributed by atoms with Crippen LogP contribution >= 0.6 is 0 Å². The van der Waals surface area contributed by atoms with Gasteiger partial charge < -0.3 is 11.1 Å². The second kappa shape index (κ2) is 3.64. The molecule has 1 amide bonds. The summed E-state index contributed by atoms with van der Waals surface area (Å²) in [5.74, 6) is 0.170. The summed E-state index contributed by atoms with van der Waals surface area (Å²) in [6, 6.07) is 0.717. The maximum atomic E-state index is 11.5. The van der Waals surface area contributed by atoms with Crippen molar-refractivity contribution in [2.45, 2.75) is 31.3 Å². The highest BCUT2D eigenvalue weighted by Gasteiger charge is 2.38. The molecule has 0 aromatic heterocycles. The summed E-state index contributed by atoms with van der Waals surface area (Å²) in [5, 5.41) is 2.89. The van der Waals surface area contributed by atoms with Crippen LogP contribution < -0.4 is 11.1 Å². The molecule has 1 aliphatic heterocycles. The van der Waals surface area contributed by atoms with Gasteiger partial charge in [-0.1, -0.05) is 0 Å². The van der Waals surface area contributed by atoms with Crippen molar-refractivity contribution in [1.29, 1.82) is 0 Å². The molecule has 74 valence electrons. The van der Waals surface area contributed by atoms with E-state index in [4.69, 9.17) is 5.73 Å². The Kier molecular flexibility index (Phi) is 2.51. The van der Waals surface area contributed by atoms with Crippen LogP contribution in [0, 0.1) is 0 Å². The summed E-state index contributed by atoms with van der Waals surface area (Å²) in [5.41, 5.74) is 5.50. The van der Waals surface area contributed by atoms with Crippen molar-refractivity contribution in [2.24, 2.45) is 5.73 Å². The first-order chi connectivity index (χ1) is 6.33. The van der Waals surface area contributed by atoms with E-state index in [2.05, 4.69) is 10.2 Å². The molecule has 4 heteroatoms. The van der Waals surface area contributed by atoms with Crippen LogP contribution in [0.15, 0.2) is 0 Å². The molecule has 1 saturated carbocycles. The third-order valence-corrected chi connectivity index (χ3v) is 2.83. The molecule has 2 rings (SSSR count). The largest absolute Gasteiger partial charge is 0.353 e. The zero-order valence-electron chi connectivity index (χ0n) is 7.83. The Morgan fingerprint density at radius 3 is 2.92 bits per heavy atom. The number of nitrogens with one attached hydrogen (secondary N) is 1. The first-order valence-corrected chi connectivity index (χ1v) is 5.06. The molecule has 0 aromatic carbocycles. The Balaban J connectivity index is 1.99. The van der Waals surface area contributed by atoms with Gasteiger partial charge in [0.15, 0.2) is 0 Å². The van der Waals surface area contributed by atoms with E-state index in [1.165, 1.54) is 12.8 Å². The topological polar surface area (TPSA) is 58.4 Å². The lowest BCUT2D eigenvalue weighted by atomic mass is 10.1. The highest BCUT2D eigenvalue weighted by molar-refractivity contribution is 5.82. The molecule has 1 heterocycles. The van der Waals surface area contributed by atoms with E-state index >= 15 is 0 Å². The number of hydrogen-bond donors (Lipinski definition) is 2. The smallest absolute Gasteiger partial charge is 0.237 e. The zero-order valence-corrected chi connectivity index (χ0v) is 7.83. The minimum atomic E-state index is 0.0475. The van der Waals surface area contributed by atoms with E-state index in [1.54, 1.807) is 0 Å². The highest BCUT2D eigenvalue weighted by Crippen LogP contribution is 2.29. The molecule has 1 unspecified atom stereocenters. The van der Waals surface area contributed by atoms with Gasteiger partial charge in [-0.15, -0.1) is 0 Å². The van der Waals surface area contributed by atoms with E-state index in [0.29, 0.717) is 12.6 Å². The van der Waals surface area contributed by atoms with E-state index < -0.39 is 0 Å². The maximum absolute atomic E-state index is 11.5. The van der Waals surface area contributed by atoms with Gasteiger partial charge in [0, 0.05) is 19.1 Å². The van der Waals surface area contributed by atoms with Crippen LogP contribution in [-0.2, 0) is 4.79 Å². The third kappa shape index (κ3) is 1.84. The second-order valence-corrected chi connectivity index (χ2v) is 3.85. The molecule has 2 aliphatic rings. The average Bonchev–Trinajstić information content (AvgIpc) is 2.92. The van der Waals surface area contributed by atoms with Gasteiger partial charge in [0.2, 0.25) is 5.91 Å². The van der Waals surface area contributed by atoms with Crippen LogP contribution in [0.25, 0.3) is 0 Å². The minimum absolute atomic E-state index is 0.0475. The van der Waals surface area contributed by atoms with E-state index in [9.17, 15) is 4.79 Å². The number of rotatable bonds is 3. The standard InChI is InChI=1S/C9H17N3O/c10-4-3-8-9(13)11-5-6-12(8)7-1-2-7/h7-8H,1-6,10H2,(H,11,13). The van der Waals surface area contributed by atoms with Gasteiger partial charge in [0.05, 0.1) is 6.04 Å². The molecular formula is C9H17N3O. The van der Waals surface area contributed by atoms with Crippen LogP contribution in [0.4, 0.5) is 0 Å². The van der Waals surface area contributed by atoms with Gasteiger partial charge in [-0.25, -0.2) is 0 Å². The minimum Gasteiger partial charge on any atom is -0.353 e. The number of carbonyl (C=O) groups is 1. The molecule has 4 nitrogen and oxygen atoms in total. The molecule has 2 fully saturated rings. The highest BCUT2D eigenvalue weighted by atomic mass is 16.2. The first-order valence-electron chi connectivity index (χ1n) is 5.06. The second-order valence-electron chi connectivity index (χ2n) is 3.85. The molecular weight excluding hydrogens is 166 g/mol. The van der Waals surface area contributed by atoms with E-state index in [1.807, 2.05) is 0 Å². The predicted octanol–water partition coefficient (Wildman–Crippen LogP) is -0.702. The molecule has 1 aliphatic carbocycles. The fraction of sp³-hybridized carbons (Fsp3) is 0.889. The van der Waals surface area contributed by atoms with E-state index in [0.717, 1.165) is 19.5 Å². The van der Waals surface area contributed by atoms with Crippen molar-refractivity contribution in [3.8, 4) is 0 Å². The lowest BCUT2D eigenvalue weighted by Crippen LogP contribution is -2.56. The van der Waals surface area contributed by atoms with Gasteiger partial charge in [0.1, 0.15) is 0 Å². The molecule has 0 radical (unpaired) electrons. The number of piperazine rings is 1. The molecule has 3 N–H and O–H groups in total. The summed E-state index contributed by atoms with van der Waals surface area (Å²) >= 11 is 0. The molecule has 13 heavy (non-hydrogen) atoms. The van der Waals surface area contributed by atoms with Gasteiger partial charge in [0.25, 0.3) is 0 Å². The Labute approximate surface area is 78.5 Å². The summed E-state index contributed by atoms with van der Waals surface area (Å²) in [6.45, 7) is 2.40. The summed E-state index contributed by atoms with van der Waals surface area (Å²) in [6.07, 6.45) is 3.31. The van der Waals surface area contributed by atoms with Crippen molar-refractivity contribution in [1.82, 2.24) is 10.2 Å². The van der Waals surface area contributed by atoms with Gasteiger partial charge >= 0.3 is 0 Å². The number of amides is 1. The first kappa shape index (κ1) is 8.97. The van der Waals surface area contributed by atoms with Gasteiger partial charge in [-0.3, -0.25) is 9.69 Å². The van der Waals surface area contributed by atoms with Gasteiger partial charge in [-0.2, -0.15) is 0 Å². The third-order valence-electron chi connectivity index (χ3n) is 2.83. The van der Waals surface area contributed by atoms with Crippen molar-refractivity contribution in [3.05, 3.63) is 0 Å². The fourth-order valence-electron chi connectivity index (χ4n) is 2.03. The molecule has 1 atom stereocenters. The summed E-state index contributed by atoms with van der Waals surface area (Å²) in [7, 11) is 0. The SMILES string of the molecule is NCCC1C(=O)NCCN1C1CC1. The van der Waals surface area contributed by atoms with E-state index in [-0.39, 0.29) is 11.9 Å². The lowest BCUT2D eigenvalue weighted by Gasteiger charge is -2.34. The summed E-state index contributed by atoms with van der Waals surface area (Å²) < 4.78 is 0. The molecule has 0 bridgehead atoms. The van der Waals surface area contributed by atoms with Crippen LogP contribution in [0.5, 0.6) is 0 Å². The van der Waals surface area contributed by atoms with Crippen LogP contribution in [-0.4, -0.2) is 42.5 Å². The molecule has 0 aromatic rings. The van der Waals surface area contributed by atoms with Crippen molar-refractivity contribution >= 4 is 5.91 Å². The number of carbonyl (C=O) groups excluding carboxylic acids is 1. The number of nitrogens with two attached hydrogens (primary N) is 1. The van der Waals surface area contributed by atoms with Crippen molar-refractivity contribution in [2.75, 3.05) is 19.6 Å². The Hall–Kier alpha value is -0.610. The van der Waals surface area contributed by atoms with Crippen LogP contribution in [0.1, 0.15) is 19.3 Å². The normalized spacial score (nSPS) is 30.2. The lowest BCUT2D eigenvalue weighted by molar-refractivity contribution is -0.129. The van der Waals surface area contributed by atoms with Crippen LogP contribution in [0.3, 0.4) is 0 Å². The zero-order chi connectivity index (χ0) is 9.26. The Morgan fingerprint density at radius 1 is 1.54 bits per heavy atom. The maximum Gasteiger partial charge on any atom is 0.237 e. The Morgan fingerprint density at radius 2 is 2.31 bits per heavy atom. The van der Waals surface area contributed by atoms with Crippen molar-refractivity contribution in [3.63, 3.8) is 0 Å². The number of nitrogens with zero attached hydrogens (tertiary/aromatic N) is 1. The van der Waals surface area contributed by atoms with Crippen molar-refractivity contribution < 1.29 is 4.79 Å². The van der Waals surface area contributed by atoms with Crippen LogP contribution in [0.2, 0.25) is 0 Å². The van der Waals surface area contributed by atoms with Gasteiger partial charge in [-0.05, 0) is 25.8 Å². The monoisotopic (exact) mass is 183 g/mol. The average molecular weight is 183 g/mol.